The highest BCUT2D eigenvalue weighted by Crippen LogP contribution is 2.24. The lowest BCUT2D eigenvalue weighted by atomic mass is 9.94. The van der Waals surface area contributed by atoms with E-state index in [4.69, 9.17) is 11.6 Å². The van der Waals surface area contributed by atoms with Gasteiger partial charge in [-0.05, 0) is 30.0 Å². The largest absolute Gasteiger partial charge is 0.352 e. The molecule has 1 N–H and O–H groups in total. The van der Waals surface area contributed by atoms with Crippen molar-refractivity contribution in [1.82, 2.24) is 10.2 Å². The van der Waals surface area contributed by atoms with Crippen molar-refractivity contribution in [1.29, 1.82) is 0 Å². The molecule has 8 heteroatoms. The number of hydrogen-bond acceptors (Lipinski definition) is 4. The van der Waals surface area contributed by atoms with Gasteiger partial charge in [-0.1, -0.05) is 97.6 Å². The zero-order valence-electron chi connectivity index (χ0n) is 21.2. The molecule has 0 heterocycles. The number of nitrogens with one attached hydrogen (secondary N) is 1. The van der Waals surface area contributed by atoms with Crippen LogP contribution in [-0.4, -0.2) is 33.7 Å². The van der Waals surface area contributed by atoms with Crippen molar-refractivity contribution in [3.63, 3.8) is 0 Å². The molecular weight excluding hydrogens is 502 g/mol. The lowest BCUT2D eigenvalue weighted by Crippen LogP contribution is -2.53. The third kappa shape index (κ3) is 7.19. The number of nitrogens with zero attached hydrogens (tertiary/aromatic N) is 2. The maximum Gasteiger partial charge on any atom is 0.273 e. The average molecular weight is 534 g/mol. The second kappa shape index (κ2) is 13.2. The van der Waals surface area contributed by atoms with Crippen LogP contribution in [0.3, 0.4) is 0 Å². The predicted molar refractivity (Wildman–Crippen MR) is 148 cm³/mol. The van der Waals surface area contributed by atoms with Gasteiger partial charge in [0.2, 0.25) is 11.8 Å². The number of para-hydroxylation sites is 1. The molecule has 0 saturated heterocycles. The monoisotopic (exact) mass is 533 g/mol. The standard InChI is InChI=1S/C30H32ClN3O4/c31-26-17-9-7-14-24(26)21-33(29(35)20-23-13-8-10-18-27(23)34(37)38)28(19-22-11-3-1-4-12-22)30(36)32-25-15-5-2-6-16-25/h1,3-4,7-14,17-18,25,28H,2,5-6,15-16,19-21H2,(H,32,36). The summed E-state index contributed by atoms with van der Waals surface area (Å²) in [4.78, 5) is 40.4. The summed E-state index contributed by atoms with van der Waals surface area (Å²) < 4.78 is 0. The Morgan fingerprint density at radius 2 is 1.55 bits per heavy atom. The third-order valence-electron chi connectivity index (χ3n) is 7.05. The lowest BCUT2D eigenvalue weighted by Gasteiger charge is -2.33. The van der Waals surface area contributed by atoms with Crippen molar-refractivity contribution >= 4 is 29.1 Å². The molecule has 1 atom stereocenters. The van der Waals surface area contributed by atoms with Gasteiger partial charge in [0.05, 0.1) is 11.3 Å². The van der Waals surface area contributed by atoms with Crippen LogP contribution in [0.4, 0.5) is 5.69 Å². The number of carbonyl (C=O) groups is 2. The van der Waals surface area contributed by atoms with Gasteiger partial charge >= 0.3 is 0 Å². The number of amides is 2. The first-order valence-electron chi connectivity index (χ1n) is 13.0. The number of nitro groups is 1. The molecule has 1 unspecified atom stereocenters. The van der Waals surface area contributed by atoms with Gasteiger partial charge in [0.25, 0.3) is 5.69 Å². The topological polar surface area (TPSA) is 92.6 Å². The maximum absolute atomic E-state index is 13.9. The van der Waals surface area contributed by atoms with Gasteiger partial charge in [-0.3, -0.25) is 19.7 Å². The minimum Gasteiger partial charge on any atom is -0.352 e. The summed E-state index contributed by atoms with van der Waals surface area (Å²) in [5.74, 6) is -0.595. The molecule has 198 valence electrons. The smallest absolute Gasteiger partial charge is 0.273 e. The van der Waals surface area contributed by atoms with Crippen molar-refractivity contribution in [3.8, 4) is 0 Å². The highest BCUT2D eigenvalue weighted by atomic mass is 35.5. The molecule has 3 aromatic carbocycles. The molecule has 4 rings (SSSR count). The second-order valence-corrected chi connectivity index (χ2v) is 10.1. The predicted octanol–water partition coefficient (Wildman–Crippen LogP) is 5.88. The van der Waals surface area contributed by atoms with Crippen LogP contribution in [0.1, 0.15) is 48.8 Å². The van der Waals surface area contributed by atoms with Crippen LogP contribution in [0.2, 0.25) is 5.02 Å². The number of carbonyl (C=O) groups excluding carboxylic acids is 2. The van der Waals surface area contributed by atoms with Gasteiger partial charge in [0.15, 0.2) is 0 Å². The molecule has 0 aliphatic heterocycles. The minimum atomic E-state index is -0.814. The van der Waals surface area contributed by atoms with Crippen molar-refractivity contribution in [3.05, 3.63) is 111 Å². The van der Waals surface area contributed by atoms with E-state index in [0.717, 1.165) is 37.7 Å². The second-order valence-electron chi connectivity index (χ2n) is 9.72. The molecule has 2 amide bonds. The van der Waals surface area contributed by atoms with E-state index in [1.807, 2.05) is 48.5 Å². The highest BCUT2D eigenvalue weighted by molar-refractivity contribution is 6.31. The van der Waals surface area contributed by atoms with E-state index in [9.17, 15) is 19.7 Å². The summed E-state index contributed by atoms with van der Waals surface area (Å²) in [6.45, 7) is 0.106. The zero-order chi connectivity index (χ0) is 26.9. The van der Waals surface area contributed by atoms with E-state index in [-0.39, 0.29) is 36.5 Å². The molecule has 1 saturated carbocycles. The van der Waals surface area contributed by atoms with E-state index >= 15 is 0 Å². The van der Waals surface area contributed by atoms with Crippen LogP contribution in [-0.2, 0) is 29.0 Å². The highest BCUT2D eigenvalue weighted by Gasteiger charge is 2.33. The Morgan fingerprint density at radius 3 is 2.24 bits per heavy atom. The first kappa shape index (κ1) is 27.3. The molecule has 1 fully saturated rings. The molecule has 38 heavy (non-hydrogen) atoms. The minimum absolute atomic E-state index is 0.0713. The van der Waals surface area contributed by atoms with Gasteiger partial charge in [-0.15, -0.1) is 0 Å². The Bertz CT molecular complexity index is 1260. The summed E-state index contributed by atoms with van der Waals surface area (Å²) in [5, 5.41) is 15.3. The van der Waals surface area contributed by atoms with Crippen molar-refractivity contribution in [2.45, 2.75) is 63.6 Å². The summed E-state index contributed by atoms with van der Waals surface area (Å²) in [7, 11) is 0. The van der Waals surface area contributed by atoms with E-state index in [1.165, 1.54) is 11.0 Å². The fourth-order valence-corrected chi connectivity index (χ4v) is 5.21. The zero-order valence-corrected chi connectivity index (χ0v) is 22.0. The van der Waals surface area contributed by atoms with Crippen LogP contribution in [0.5, 0.6) is 0 Å². The van der Waals surface area contributed by atoms with Crippen LogP contribution in [0.25, 0.3) is 0 Å². The van der Waals surface area contributed by atoms with Crippen LogP contribution >= 0.6 is 11.6 Å². The molecule has 1 aliphatic carbocycles. The summed E-state index contributed by atoms with van der Waals surface area (Å²) in [6, 6.07) is 22.3. The molecule has 7 nitrogen and oxygen atoms in total. The van der Waals surface area contributed by atoms with Crippen molar-refractivity contribution in [2.75, 3.05) is 0 Å². The van der Waals surface area contributed by atoms with Crippen LogP contribution in [0, 0.1) is 10.1 Å². The number of halogens is 1. The summed E-state index contributed by atoms with van der Waals surface area (Å²) in [6.07, 6.45) is 5.22. The first-order valence-corrected chi connectivity index (χ1v) is 13.4. The molecule has 0 spiro atoms. The summed E-state index contributed by atoms with van der Waals surface area (Å²) >= 11 is 6.47. The van der Waals surface area contributed by atoms with Gasteiger partial charge in [0.1, 0.15) is 6.04 Å². The Balaban J connectivity index is 1.70. The number of hydrogen-bond donors (Lipinski definition) is 1. The van der Waals surface area contributed by atoms with Gasteiger partial charge in [-0.25, -0.2) is 0 Å². The van der Waals surface area contributed by atoms with Crippen LogP contribution < -0.4 is 5.32 Å². The average Bonchev–Trinajstić information content (AvgIpc) is 2.93. The van der Waals surface area contributed by atoms with Crippen molar-refractivity contribution < 1.29 is 14.5 Å². The van der Waals surface area contributed by atoms with E-state index < -0.39 is 11.0 Å². The van der Waals surface area contributed by atoms with Crippen LogP contribution in [0.15, 0.2) is 78.9 Å². The van der Waals surface area contributed by atoms with E-state index in [2.05, 4.69) is 5.32 Å². The maximum atomic E-state index is 13.9. The Hall–Kier alpha value is -3.71. The Morgan fingerprint density at radius 1 is 0.921 bits per heavy atom. The quantitative estimate of drug-likeness (QED) is 0.260. The number of benzene rings is 3. The molecular formula is C30H32ClN3O4. The molecule has 0 bridgehead atoms. The summed E-state index contributed by atoms with van der Waals surface area (Å²) in [5.41, 5.74) is 1.80. The van der Waals surface area contributed by atoms with Gasteiger partial charge in [-0.2, -0.15) is 0 Å². The SMILES string of the molecule is O=C(NC1CCCCC1)C(Cc1ccccc1)N(Cc1ccccc1Cl)C(=O)Cc1ccccc1[N+](=O)[O-]. The lowest BCUT2D eigenvalue weighted by molar-refractivity contribution is -0.385. The fourth-order valence-electron chi connectivity index (χ4n) is 5.01. The molecule has 0 aromatic heterocycles. The van der Waals surface area contributed by atoms with Crippen molar-refractivity contribution in [2.24, 2.45) is 0 Å². The van der Waals surface area contributed by atoms with Gasteiger partial charge in [0, 0.05) is 35.7 Å². The normalized spacial score (nSPS) is 14.4. The van der Waals surface area contributed by atoms with E-state index in [0.29, 0.717) is 22.6 Å². The van der Waals surface area contributed by atoms with Gasteiger partial charge < -0.3 is 10.2 Å². The molecule has 3 aromatic rings. The molecule has 0 radical (unpaired) electrons. The van der Waals surface area contributed by atoms with E-state index in [1.54, 1.807) is 24.3 Å². The molecule has 1 aliphatic rings. The Labute approximate surface area is 228 Å². The Kier molecular flexibility index (Phi) is 9.49. The number of nitro benzene ring substituents is 1. The first-order chi connectivity index (χ1) is 18.4. The third-order valence-corrected chi connectivity index (χ3v) is 7.42. The number of rotatable bonds is 10. The fraction of sp³-hybridized carbons (Fsp3) is 0.333.